The lowest BCUT2D eigenvalue weighted by Crippen LogP contribution is -2.10. The molecule has 2 N–H and O–H groups in total. The summed E-state index contributed by atoms with van der Waals surface area (Å²) in [4.78, 5) is 0. The fourth-order valence-electron chi connectivity index (χ4n) is 1.70. The van der Waals surface area contributed by atoms with Gasteiger partial charge < -0.3 is 10.2 Å². The van der Waals surface area contributed by atoms with Gasteiger partial charge in [-0.15, -0.1) is 0 Å². The molecule has 0 unspecified atom stereocenters. The summed E-state index contributed by atoms with van der Waals surface area (Å²) in [6, 6.07) is 12.9. The first-order chi connectivity index (χ1) is 9.21. The molecule has 0 fully saturated rings. The topological polar surface area (TPSA) is 40.5 Å². The lowest BCUT2D eigenvalue weighted by atomic mass is 9.87. The van der Waals surface area contributed by atoms with Crippen molar-refractivity contribution in [2.75, 3.05) is 0 Å². The quantitative estimate of drug-likeness (QED) is 0.730. The second-order valence-corrected chi connectivity index (χ2v) is 6.02. The fourth-order valence-corrected chi connectivity index (χ4v) is 1.70. The number of aryl methyl sites for hydroxylation is 1. The Hall–Kier alpha value is -1.96. The third-order valence-corrected chi connectivity index (χ3v) is 3.31. The predicted octanol–water partition coefficient (Wildman–Crippen LogP) is 4.70. The van der Waals surface area contributed by atoms with E-state index < -0.39 is 0 Å². The molecule has 0 heterocycles. The van der Waals surface area contributed by atoms with E-state index in [9.17, 15) is 0 Å². The third-order valence-electron chi connectivity index (χ3n) is 3.31. The molecule has 0 aromatic heterocycles. The van der Waals surface area contributed by atoms with E-state index in [2.05, 4.69) is 20.8 Å². The molecule has 0 amide bonds. The maximum atomic E-state index is 9.10. The maximum absolute atomic E-state index is 9.10. The first-order valence-corrected chi connectivity index (χ1v) is 6.76. The predicted molar refractivity (Wildman–Crippen MR) is 84.4 cm³/mol. The Labute approximate surface area is 121 Å². The summed E-state index contributed by atoms with van der Waals surface area (Å²) in [5.74, 6) is 0.716. The summed E-state index contributed by atoms with van der Waals surface area (Å²) in [6.45, 7) is 10.3. The van der Waals surface area contributed by atoms with Gasteiger partial charge in [-0.3, -0.25) is 0 Å². The summed E-state index contributed by atoms with van der Waals surface area (Å²) in [7, 11) is 0. The van der Waals surface area contributed by atoms with Gasteiger partial charge >= 0.3 is 0 Å². The molecule has 2 nitrogen and oxygen atoms in total. The summed E-state index contributed by atoms with van der Waals surface area (Å²) in [6.07, 6.45) is 0. The standard InChI is InChI=1S/C10H14O.C8H10O/c1-10(2,3)8-4-6-9(11)7-5-8;1-6-4-3-5-8(9)7(6)2/h4-7,11H,1-3H3;3-5,9H,1-2H3. The van der Waals surface area contributed by atoms with E-state index in [0.29, 0.717) is 11.5 Å². The van der Waals surface area contributed by atoms with E-state index in [1.165, 1.54) is 5.56 Å². The minimum atomic E-state index is 0.174. The van der Waals surface area contributed by atoms with Crippen LogP contribution >= 0.6 is 0 Å². The van der Waals surface area contributed by atoms with Crippen LogP contribution in [-0.2, 0) is 5.41 Å². The highest BCUT2D eigenvalue weighted by Gasteiger charge is 2.12. The van der Waals surface area contributed by atoms with Gasteiger partial charge in [0.05, 0.1) is 0 Å². The highest BCUT2D eigenvalue weighted by molar-refractivity contribution is 5.36. The minimum Gasteiger partial charge on any atom is -0.508 e. The van der Waals surface area contributed by atoms with Gasteiger partial charge in [0.15, 0.2) is 0 Å². The Balaban J connectivity index is 0.000000204. The smallest absolute Gasteiger partial charge is 0.118 e. The molecule has 0 aliphatic rings. The Morgan fingerprint density at radius 3 is 1.75 bits per heavy atom. The van der Waals surface area contributed by atoms with Crippen molar-refractivity contribution < 1.29 is 10.2 Å². The van der Waals surface area contributed by atoms with Crippen molar-refractivity contribution >= 4 is 0 Å². The Morgan fingerprint density at radius 2 is 1.35 bits per heavy atom. The molecule has 2 aromatic rings. The summed E-state index contributed by atoms with van der Waals surface area (Å²) in [5.41, 5.74) is 3.52. The van der Waals surface area contributed by atoms with Crippen LogP contribution in [0, 0.1) is 13.8 Å². The molecule has 0 spiro atoms. The van der Waals surface area contributed by atoms with Gasteiger partial charge in [-0.25, -0.2) is 0 Å². The van der Waals surface area contributed by atoms with E-state index in [-0.39, 0.29) is 5.41 Å². The summed E-state index contributed by atoms with van der Waals surface area (Å²) < 4.78 is 0. The normalized spacial score (nSPS) is 10.7. The van der Waals surface area contributed by atoms with E-state index >= 15 is 0 Å². The molecule has 0 saturated heterocycles. The zero-order valence-electron chi connectivity index (χ0n) is 12.9. The van der Waals surface area contributed by atoms with Crippen LogP contribution < -0.4 is 0 Å². The zero-order valence-corrected chi connectivity index (χ0v) is 12.9. The van der Waals surface area contributed by atoms with Crippen LogP contribution in [0.3, 0.4) is 0 Å². The molecule has 108 valence electrons. The first kappa shape index (κ1) is 16.1. The number of hydrogen-bond donors (Lipinski definition) is 2. The van der Waals surface area contributed by atoms with Crippen LogP contribution in [0.15, 0.2) is 42.5 Å². The van der Waals surface area contributed by atoms with Crippen molar-refractivity contribution in [3.05, 3.63) is 59.2 Å². The van der Waals surface area contributed by atoms with Crippen molar-refractivity contribution in [1.82, 2.24) is 0 Å². The monoisotopic (exact) mass is 272 g/mol. The van der Waals surface area contributed by atoms with Crippen LogP contribution in [0.4, 0.5) is 0 Å². The van der Waals surface area contributed by atoms with Crippen molar-refractivity contribution in [2.45, 2.75) is 40.0 Å². The molecule has 0 saturated carbocycles. The molecule has 2 rings (SSSR count). The highest BCUT2D eigenvalue weighted by Crippen LogP contribution is 2.23. The average molecular weight is 272 g/mol. The average Bonchev–Trinajstić information content (AvgIpc) is 2.36. The van der Waals surface area contributed by atoms with E-state index in [1.807, 2.05) is 38.1 Å². The Morgan fingerprint density at radius 1 is 0.800 bits per heavy atom. The largest absolute Gasteiger partial charge is 0.508 e. The number of benzene rings is 2. The second kappa shape index (κ2) is 6.47. The van der Waals surface area contributed by atoms with Crippen molar-refractivity contribution in [3.63, 3.8) is 0 Å². The van der Waals surface area contributed by atoms with Gasteiger partial charge in [-0.05, 0) is 54.2 Å². The molecular weight excluding hydrogens is 248 g/mol. The lowest BCUT2D eigenvalue weighted by molar-refractivity contribution is 0.470. The van der Waals surface area contributed by atoms with Gasteiger partial charge in [-0.1, -0.05) is 45.0 Å². The Kier molecular flexibility index (Phi) is 5.20. The number of phenols is 2. The van der Waals surface area contributed by atoms with Crippen LogP contribution in [0.25, 0.3) is 0 Å². The maximum Gasteiger partial charge on any atom is 0.118 e. The van der Waals surface area contributed by atoms with E-state index in [4.69, 9.17) is 10.2 Å². The molecule has 0 radical (unpaired) electrons. The van der Waals surface area contributed by atoms with Crippen molar-refractivity contribution in [3.8, 4) is 11.5 Å². The van der Waals surface area contributed by atoms with E-state index in [1.54, 1.807) is 18.2 Å². The molecule has 0 atom stereocenters. The minimum absolute atomic E-state index is 0.174. The van der Waals surface area contributed by atoms with Gasteiger partial charge in [0, 0.05) is 0 Å². The van der Waals surface area contributed by atoms with Gasteiger partial charge in [0.25, 0.3) is 0 Å². The van der Waals surface area contributed by atoms with Crippen molar-refractivity contribution in [2.24, 2.45) is 0 Å². The van der Waals surface area contributed by atoms with Gasteiger partial charge in [0.1, 0.15) is 11.5 Å². The van der Waals surface area contributed by atoms with Crippen LogP contribution in [-0.4, -0.2) is 10.2 Å². The van der Waals surface area contributed by atoms with Crippen LogP contribution in [0.1, 0.15) is 37.5 Å². The highest BCUT2D eigenvalue weighted by atomic mass is 16.3. The third kappa shape index (κ3) is 4.61. The molecule has 0 aliphatic carbocycles. The van der Waals surface area contributed by atoms with Crippen LogP contribution in [0.2, 0.25) is 0 Å². The SMILES string of the molecule is CC(C)(C)c1ccc(O)cc1.Cc1cccc(O)c1C. The molecule has 2 aromatic carbocycles. The molecule has 2 heteroatoms. The number of phenolic OH excluding ortho intramolecular Hbond substituents is 2. The number of rotatable bonds is 0. The Bertz CT molecular complexity index is 528. The van der Waals surface area contributed by atoms with Crippen molar-refractivity contribution in [1.29, 1.82) is 0 Å². The molecule has 0 aliphatic heterocycles. The summed E-state index contributed by atoms with van der Waals surface area (Å²) in [5, 5.41) is 18.1. The number of hydrogen-bond acceptors (Lipinski definition) is 2. The molecule has 20 heavy (non-hydrogen) atoms. The second-order valence-electron chi connectivity index (χ2n) is 6.02. The van der Waals surface area contributed by atoms with Gasteiger partial charge in [0.2, 0.25) is 0 Å². The van der Waals surface area contributed by atoms with Gasteiger partial charge in [-0.2, -0.15) is 0 Å². The molecular formula is C18H24O2. The lowest BCUT2D eigenvalue weighted by Gasteiger charge is -2.18. The summed E-state index contributed by atoms with van der Waals surface area (Å²) >= 11 is 0. The zero-order chi connectivity index (χ0) is 15.3. The number of aromatic hydroxyl groups is 2. The molecule has 0 bridgehead atoms. The fraction of sp³-hybridized carbons (Fsp3) is 0.333. The van der Waals surface area contributed by atoms with E-state index in [0.717, 1.165) is 11.1 Å². The first-order valence-electron chi connectivity index (χ1n) is 6.76. The van der Waals surface area contributed by atoms with Crippen LogP contribution in [0.5, 0.6) is 11.5 Å².